The van der Waals surface area contributed by atoms with Gasteiger partial charge in [0.15, 0.2) is 0 Å². The SMILES string of the molecule is CC[C@@H](N)c1ccccc1-n1cnc(C#N)n1. The fraction of sp³-hybridized carbons (Fsp3) is 0.250. The summed E-state index contributed by atoms with van der Waals surface area (Å²) in [5.41, 5.74) is 7.92. The fourth-order valence-electron chi connectivity index (χ4n) is 1.66. The molecule has 0 saturated heterocycles. The molecule has 0 fully saturated rings. The standard InChI is InChI=1S/C12H13N5/c1-2-10(14)9-5-3-4-6-11(9)17-8-15-12(7-13)16-17/h3-6,8,10H,2,14H2,1H3/t10-/m1/s1. The normalized spacial score (nSPS) is 12.1. The van der Waals surface area contributed by atoms with E-state index in [4.69, 9.17) is 11.0 Å². The van der Waals surface area contributed by atoms with Gasteiger partial charge in [-0.05, 0) is 18.1 Å². The van der Waals surface area contributed by atoms with Crippen molar-refractivity contribution in [3.63, 3.8) is 0 Å². The third-order valence-electron chi connectivity index (χ3n) is 2.61. The smallest absolute Gasteiger partial charge is 0.252 e. The summed E-state index contributed by atoms with van der Waals surface area (Å²) in [7, 11) is 0. The molecule has 5 heteroatoms. The van der Waals surface area contributed by atoms with Crippen LogP contribution < -0.4 is 5.73 Å². The molecular formula is C12H13N5. The fourth-order valence-corrected chi connectivity index (χ4v) is 1.66. The lowest BCUT2D eigenvalue weighted by Crippen LogP contribution is -2.12. The number of nitrogens with two attached hydrogens (primary N) is 1. The second-order valence-electron chi connectivity index (χ2n) is 3.70. The van der Waals surface area contributed by atoms with Gasteiger partial charge in [-0.25, -0.2) is 9.67 Å². The van der Waals surface area contributed by atoms with Gasteiger partial charge >= 0.3 is 0 Å². The number of rotatable bonds is 3. The van der Waals surface area contributed by atoms with Crippen molar-refractivity contribution in [2.75, 3.05) is 0 Å². The van der Waals surface area contributed by atoms with E-state index < -0.39 is 0 Å². The van der Waals surface area contributed by atoms with Crippen LogP contribution in [0.4, 0.5) is 0 Å². The highest BCUT2D eigenvalue weighted by Crippen LogP contribution is 2.21. The van der Waals surface area contributed by atoms with Crippen LogP contribution in [-0.2, 0) is 0 Å². The van der Waals surface area contributed by atoms with Crippen LogP contribution in [0.3, 0.4) is 0 Å². The predicted molar refractivity (Wildman–Crippen MR) is 63.3 cm³/mol. The van der Waals surface area contributed by atoms with Gasteiger partial charge in [0.25, 0.3) is 5.82 Å². The van der Waals surface area contributed by atoms with E-state index in [9.17, 15) is 0 Å². The number of para-hydroxylation sites is 1. The Labute approximate surface area is 99.5 Å². The number of hydrogen-bond acceptors (Lipinski definition) is 4. The molecular weight excluding hydrogens is 214 g/mol. The van der Waals surface area contributed by atoms with Crippen molar-refractivity contribution in [3.05, 3.63) is 42.0 Å². The van der Waals surface area contributed by atoms with Gasteiger partial charge in [0.05, 0.1) is 5.69 Å². The lowest BCUT2D eigenvalue weighted by molar-refractivity contribution is 0.686. The summed E-state index contributed by atoms with van der Waals surface area (Å²) in [6, 6.07) is 9.60. The first-order valence-corrected chi connectivity index (χ1v) is 5.43. The number of nitriles is 1. The van der Waals surface area contributed by atoms with Crippen molar-refractivity contribution in [3.8, 4) is 11.8 Å². The summed E-state index contributed by atoms with van der Waals surface area (Å²) in [4.78, 5) is 3.89. The molecule has 5 nitrogen and oxygen atoms in total. The molecule has 0 saturated carbocycles. The lowest BCUT2D eigenvalue weighted by Gasteiger charge is -2.13. The topological polar surface area (TPSA) is 80.5 Å². The number of benzene rings is 1. The van der Waals surface area contributed by atoms with Crippen molar-refractivity contribution in [1.29, 1.82) is 5.26 Å². The molecule has 0 spiro atoms. The molecule has 17 heavy (non-hydrogen) atoms. The number of nitrogens with zero attached hydrogens (tertiary/aromatic N) is 4. The molecule has 0 radical (unpaired) electrons. The lowest BCUT2D eigenvalue weighted by atomic mass is 10.0. The van der Waals surface area contributed by atoms with Crippen molar-refractivity contribution in [1.82, 2.24) is 14.8 Å². The Morgan fingerprint density at radius 1 is 1.47 bits per heavy atom. The highest BCUT2D eigenvalue weighted by molar-refractivity contribution is 5.42. The van der Waals surface area contributed by atoms with Gasteiger partial charge in [0, 0.05) is 6.04 Å². The van der Waals surface area contributed by atoms with E-state index in [0.29, 0.717) is 0 Å². The van der Waals surface area contributed by atoms with Gasteiger partial charge in [-0.1, -0.05) is 25.1 Å². The van der Waals surface area contributed by atoms with E-state index in [1.165, 1.54) is 6.33 Å². The van der Waals surface area contributed by atoms with Gasteiger partial charge in [0.1, 0.15) is 12.4 Å². The average Bonchev–Trinajstić information content (AvgIpc) is 2.86. The Morgan fingerprint density at radius 2 is 2.24 bits per heavy atom. The first-order chi connectivity index (χ1) is 8.26. The highest BCUT2D eigenvalue weighted by atomic mass is 15.3. The molecule has 0 bridgehead atoms. The van der Waals surface area contributed by atoms with Crippen LogP contribution in [0.2, 0.25) is 0 Å². The molecule has 0 amide bonds. The molecule has 0 aliphatic heterocycles. The molecule has 1 heterocycles. The average molecular weight is 227 g/mol. The van der Waals surface area contributed by atoms with E-state index in [1.54, 1.807) is 4.68 Å². The molecule has 1 aromatic carbocycles. The first-order valence-electron chi connectivity index (χ1n) is 5.43. The van der Waals surface area contributed by atoms with Gasteiger partial charge in [-0.3, -0.25) is 0 Å². The van der Waals surface area contributed by atoms with E-state index in [-0.39, 0.29) is 11.9 Å². The van der Waals surface area contributed by atoms with Crippen LogP contribution in [0.15, 0.2) is 30.6 Å². The van der Waals surface area contributed by atoms with Crippen molar-refractivity contribution in [2.45, 2.75) is 19.4 Å². The third-order valence-corrected chi connectivity index (χ3v) is 2.61. The van der Waals surface area contributed by atoms with E-state index in [1.807, 2.05) is 37.3 Å². The van der Waals surface area contributed by atoms with Gasteiger partial charge < -0.3 is 5.73 Å². The maximum atomic E-state index is 8.71. The second-order valence-corrected chi connectivity index (χ2v) is 3.70. The predicted octanol–water partition coefficient (Wildman–Crippen LogP) is 1.55. The molecule has 2 rings (SSSR count). The summed E-state index contributed by atoms with van der Waals surface area (Å²) in [6.45, 7) is 2.03. The van der Waals surface area contributed by atoms with E-state index in [0.717, 1.165) is 17.7 Å². The number of hydrogen-bond donors (Lipinski definition) is 1. The van der Waals surface area contributed by atoms with Gasteiger partial charge in [0.2, 0.25) is 0 Å². The summed E-state index contributed by atoms with van der Waals surface area (Å²) in [5.74, 6) is 0.157. The molecule has 1 atom stereocenters. The summed E-state index contributed by atoms with van der Waals surface area (Å²) in [5, 5.41) is 12.8. The summed E-state index contributed by atoms with van der Waals surface area (Å²) in [6.07, 6.45) is 2.37. The molecule has 0 aliphatic carbocycles. The Morgan fingerprint density at radius 3 is 2.88 bits per heavy atom. The van der Waals surface area contributed by atoms with Gasteiger partial charge in [-0.2, -0.15) is 5.26 Å². The van der Waals surface area contributed by atoms with Crippen LogP contribution in [0.5, 0.6) is 0 Å². The quantitative estimate of drug-likeness (QED) is 0.862. The van der Waals surface area contributed by atoms with Crippen LogP contribution in [0.25, 0.3) is 5.69 Å². The first kappa shape index (κ1) is 11.3. The van der Waals surface area contributed by atoms with Crippen molar-refractivity contribution in [2.24, 2.45) is 5.73 Å². The molecule has 2 N–H and O–H groups in total. The minimum atomic E-state index is -0.0408. The monoisotopic (exact) mass is 227 g/mol. The van der Waals surface area contributed by atoms with E-state index in [2.05, 4.69) is 10.1 Å². The Hall–Kier alpha value is -2.19. The Bertz CT molecular complexity index is 552. The zero-order valence-electron chi connectivity index (χ0n) is 9.54. The Kier molecular flexibility index (Phi) is 3.17. The maximum absolute atomic E-state index is 8.71. The minimum absolute atomic E-state index is 0.0408. The Balaban J connectivity index is 2.48. The third kappa shape index (κ3) is 2.17. The van der Waals surface area contributed by atoms with Gasteiger partial charge in [-0.15, -0.1) is 5.10 Å². The second kappa shape index (κ2) is 4.76. The zero-order valence-corrected chi connectivity index (χ0v) is 9.54. The minimum Gasteiger partial charge on any atom is -0.324 e. The maximum Gasteiger partial charge on any atom is 0.252 e. The van der Waals surface area contributed by atoms with Crippen LogP contribution >= 0.6 is 0 Å². The summed E-state index contributed by atoms with van der Waals surface area (Å²) >= 11 is 0. The van der Waals surface area contributed by atoms with Crippen LogP contribution in [0, 0.1) is 11.3 Å². The highest BCUT2D eigenvalue weighted by Gasteiger charge is 2.11. The molecule has 1 aromatic heterocycles. The molecule has 86 valence electrons. The summed E-state index contributed by atoms with van der Waals surface area (Å²) < 4.78 is 1.59. The largest absolute Gasteiger partial charge is 0.324 e. The van der Waals surface area contributed by atoms with Crippen molar-refractivity contribution >= 4 is 0 Å². The van der Waals surface area contributed by atoms with E-state index >= 15 is 0 Å². The zero-order chi connectivity index (χ0) is 12.3. The molecule has 2 aromatic rings. The molecule has 0 aliphatic rings. The van der Waals surface area contributed by atoms with Crippen molar-refractivity contribution < 1.29 is 0 Å². The molecule has 0 unspecified atom stereocenters. The number of aromatic nitrogens is 3. The van der Waals surface area contributed by atoms with Crippen LogP contribution in [-0.4, -0.2) is 14.8 Å². The van der Waals surface area contributed by atoms with Crippen LogP contribution in [0.1, 0.15) is 30.8 Å².